The maximum Gasteiger partial charge on any atom is 0.308 e. The molecule has 2 unspecified atom stereocenters. The molecule has 1 aliphatic heterocycles. The smallest absolute Gasteiger partial charge is 0.308 e. The maximum atomic E-state index is 14.6. The third-order valence-corrected chi connectivity index (χ3v) is 8.63. The number of hydrogen-bond acceptors (Lipinski definition) is 6. The molecule has 6 nitrogen and oxygen atoms in total. The number of nitrogens with zero attached hydrogens (tertiary/aromatic N) is 2. The summed E-state index contributed by atoms with van der Waals surface area (Å²) in [6.45, 7) is 2.27. The van der Waals surface area contributed by atoms with E-state index in [9.17, 15) is 19.1 Å². The second-order valence-electron chi connectivity index (χ2n) is 9.40. The number of methoxy groups -OCH3 is 1. The zero-order valence-corrected chi connectivity index (χ0v) is 20.5. The molecule has 0 radical (unpaired) electrons. The number of thioether (sulfide) groups is 1. The maximum absolute atomic E-state index is 14.6. The molecule has 1 N–H and O–H groups in total. The van der Waals surface area contributed by atoms with Gasteiger partial charge in [0.2, 0.25) is 0 Å². The first kappa shape index (κ1) is 24.9. The molecule has 0 amide bonds. The topological polar surface area (TPSA) is 79.7 Å². The molecule has 0 bridgehead atoms. The van der Waals surface area contributed by atoms with Gasteiger partial charge in [-0.1, -0.05) is 12.8 Å². The Balaban J connectivity index is 1.36. The normalized spacial score (nSPS) is 21.7. The fourth-order valence-electron chi connectivity index (χ4n) is 5.30. The number of hydrogen-bond donors (Lipinski definition) is 1. The summed E-state index contributed by atoms with van der Waals surface area (Å²) in [6.07, 6.45) is 7.63. The van der Waals surface area contributed by atoms with E-state index in [0.717, 1.165) is 36.7 Å². The summed E-state index contributed by atoms with van der Waals surface area (Å²) in [6, 6.07) is 5.05. The van der Waals surface area contributed by atoms with Crippen LogP contribution in [0.15, 0.2) is 24.4 Å². The number of halogens is 1. The Morgan fingerprint density at radius 3 is 2.79 bits per heavy atom. The summed E-state index contributed by atoms with van der Waals surface area (Å²) < 4.78 is 19.9. The van der Waals surface area contributed by atoms with Crippen LogP contribution in [0.2, 0.25) is 0 Å². The minimum atomic E-state index is -0.809. The van der Waals surface area contributed by atoms with Crippen molar-refractivity contribution in [3.8, 4) is 5.75 Å². The Morgan fingerprint density at radius 2 is 2.06 bits per heavy atom. The van der Waals surface area contributed by atoms with Crippen molar-refractivity contribution in [2.24, 2.45) is 11.8 Å². The number of likely N-dealkylation sites (tertiary alicyclic amines) is 1. The highest BCUT2D eigenvalue weighted by Crippen LogP contribution is 2.32. The number of ether oxygens (including phenoxy) is 1. The zero-order chi connectivity index (χ0) is 24.1. The van der Waals surface area contributed by atoms with Gasteiger partial charge in [0.1, 0.15) is 5.75 Å². The van der Waals surface area contributed by atoms with Gasteiger partial charge in [0.15, 0.2) is 11.6 Å². The number of fused-ring (bicyclic) bond motifs is 1. The number of carbonyl (C=O) groups excluding carboxylic acids is 1. The number of piperidine rings is 1. The molecule has 1 saturated heterocycles. The van der Waals surface area contributed by atoms with Gasteiger partial charge in [0.05, 0.1) is 30.3 Å². The van der Waals surface area contributed by atoms with E-state index >= 15 is 0 Å². The van der Waals surface area contributed by atoms with E-state index in [4.69, 9.17) is 4.74 Å². The van der Waals surface area contributed by atoms with E-state index in [1.165, 1.54) is 32.8 Å². The zero-order valence-electron chi connectivity index (χ0n) is 19.7. The number of pyridine rings is 1. The van der Waals surface area contributed by atoms with Gasteiger partial charge in [-0.15, -0.1) is 0 Å². The number of ketones is 1. The van der Waals surface area contributed by atoms with Gasteiger partial charge in [0, 0.05) is 35.9 Å². The van der Waals surface area contributed by atoms with Crippen LogP contribution in [0.4, 0.5) is 4.39 Å². The van der Waals surface area contributed by atoms with Gasteiger partial charge < -0.3 is 14.7 Å². The molecule has 2 atom stereocenters. The first-order valence-electron chi connectivity index (χ1n) is 12.2. The third-order valence-electron chi connectivity index (χ3n) is 7.27. The first-order valence-corrected chi connectivity index (χ1v) is 13.2. The monoisotopic (exact) mass is 488 g/mol. The highest BCUT2D eigenvalue weighted by Gasteiger charge is 2.34. The average Bonchev–Trinajstić information content (AvgIpc) is 3.36. The highest BCUT2D eigenvalue weighted by atomic mass is 32.2. The highest BCUT2D eigenvalue weighted by molar-refractivity contribution is 7.99. The summed E-state index contributed by atoms with van der Waals surface area (Å²) in [5.74, 6) is -0.817. The molecule has 34 heavy (non-hydrogen) atoms. The molecule has 0 spiro atoms. The summed E-state index contributed by atoms with van der Waals surface area (Å²) >= 11 is 2.02. The van der Waals surface area contributed by atoms with Crippen molar-refractivity contribution in [1.29, 1.82) is 0 Å². The number of aromatic nitrogens is 1. The second-order valence-corrected chi connectivity index (χ2v) is 10.8. The van der Waals surface area contributed by atoms with E-state index in [2.05, 4.69) is 9.88 Å². The van der Waals surface area contributed by atoms with Crippen LogP contribution in [0.1, 0.15) is 55.3 Å². The average molecular weight is 489 g/mol. The molecule has 1 aromatic carbocycles. The lowest BCUT2D eigenvalue weighted by molar-refractivity contribution is -0.146. The molecule has 8 heteroatoms. The van der Waals surface area contributed by atoms with E-state index in [-0.39, 0.29) is 23.7 Å². The predicted octanol–water partition coefficient (Wildman–Crippen LogP) is 5.04. The molecule has 184 valence electrons. The fraction of sp³-hybridized carbons (Fsp3) is 0.577. The first-order chi connectivity index (χ1) is 16.5. The Labute approximate surface area is 204 Å². The van der Waals surface area contributed by atoms with Crippen LogP contribution in [0.3, 0.4) is 0 Å². The fourth-order valence-corrected chi connectivity index (χ4v) is 6.66. The van der Waals surface area contributed by atoms with Crippen molar-refractivity contribution in [3.05, 3.63) is 35.8 Å². The van der Waals surface area contributed by atoms with Crippen LogP contribution in [-0.4, -0.2) is 64.5 Å². The van der Waals surface area contributed by atoms with Gasteiger partial charge in [-0.3, -0.25) is 14.6 Å². The van der Waals surface area contributed by atoms with Crippen molar-refractivity contribution in [1.82, 2.24) is 9.88 Å². The molecule has 2 fully saturated rings. The second kappa shape index (κ2) is 11.5. The molecule has 4 rings (SSSR count). The number of rotatable bonds is 10. The quantitative estimate of drug-likeness (QED) is 0.469. The van der Waals surface area contributed by atoms with E-state index in [1.54, 1.807) is 18.2 Å². The van der Waals surface area contributed by atoms with Crippen LogP contribution >= 0.6 is 11.8 Å². The van der Waals surface area contributed by atoms with Gasteiger partial charge in [-0.05, 0) is 56.3 Å². The Kier molecular flexibility index (Phi) is 8.42. The summed E-state index contributed by atoms with van der Waals surface area (Å²) in [5, 5.41) is 11.0. The van der Waals surface area contributed by atoms with Crippen LogP contribution in [0.5, 0.6) is 5.75 Å². The van der Waals surface area contributed by atoms with E-state index in [1.807, 2.05) is 11.8 Å². The summed E-state index contributed by atoms with van der Waals surface area (Å²) in [7, 11) is 1.52. The number of carbonyl (C=O) groups is 2. The van der Waals surface area contributed by atoms with Crippen LogP contribution in [-0.2, 0) is 4.79 Å². The van der Waals surface area contributed by atoms with Crippen LogP contribution < -0.4 is 4.74 Å². The van der Waals surface area contributed by atoms with Crippen molar-refractivity contribution < 1.29 is 23.8 Å². The van der Waals surface area contributed by atoms with Gasteiger partial charge in [-0.2, -0.15) is 11.8 Å². The number of aliphatic carboxylic acids is 1. The molecular weight excluding hydrogens is 455 g/mol. The molecule has 1 aromatic heterocycles. The number of carboxylic acids is 1. The molecule has 2 aromatic rings. The van der Waals surface area contributed by atoms with Crippen molar-refractivity contribution in [2.45, 2.75) is 50.2 Å². The third kappa shape index (κ3) is 5.89. The minimum absolute atomic E-state index is 0.0112. The van der Waals surface area contributed by atoms with Crippen molar-refractivity contribution in [3.63, 3.8) is 0 Å². The lowest BCUT2D eigenvalue weighted by Gasteiger charge is -2.36. The lowest BCUT2D eigenvalue weighted by atomic mass is 9.81. The van der Waals surface area contributed by atoms with Crippen LogP contribution in [0, 0.1) is 17.7 Å². The molecular formula is C26H33FN2O4S. The Morgan fingerprint density at radius 1 is 1.26 bits per heavy atom. The molecule has 1 saturated carbocycles. The SMILES string of the molecule is COc1ccc2ncc(F)c(C(=O)CCC3CCN(CCSC4CCCC4)CC3C(=O)O)c2c1. The summed E-state index contributed by atoms with van der Waals surface area (Å²) in [5.41, 5.74) is 0.537. The number of Topliss-reactive ketones (excluding diaryl/α,β-unsaturated/α-hetero) is 1. The molecule has 2 heterocycles. The van der Waals surface area contributed by atoms with Gasteiger partial charge in [0.25, 0.3) is 0 Å². The van der Waals surface area contributed by atoms with Gasteiger partial charge >= 0.3 is 5.97 Å². The van der Waals surface area contributed by atoms with E-state index in [0.29, 0.717) is 29.6 Å². The van der Waals surface area contributed by atoms with E-state index < -0.39 is 17.7 Å². The lowest BCUT2D eigenvalue weighted by Crippen LogP contribution is -2.44. The number of carboxylic acid groups (broad SMARTS) is 1. The minimum Gasteiger partial charge on any atom is -0.497 e. The summed E-state index contributed by atoms with van der Waals surface area (Å²) in [4.78, 5) is 31.4. The van der Waals surface area contributed by atoms with Gasteiger partial charge in [-0.25, -0.2) is 4.39 Å². The predicted molar refractivity (Wildman–Crippen MR) is 132 cm³/mol. The Bertz CT molecular complexity index is 1030. The van der Waals surface area contributed by atoms with Crippen molar-refractivity contribution in [2.75, 3.05) is 32.5 Å². The molecule has 1 aliphatic carbocycles. The standard InChI is InChI=1S/C26H33FN2O4S/c1-33-18-7-8-23-20(14-18)25(22(27)15-28-23)24(30)9-6-17-10-11-29(16-21(17)26(31)32)12-13-34-19-4-2-3-5-19/h7-8,14-15,17,19,21H,2-6,9-13,16H2,1H3,(H,31,32). The Hall–Kier alpha value is -2.19. The van der Waals surface area contributed by atoms with Crippen LogP contribution in [0.25, 0.3) is 10.9 Å². The largest absolute Gasteiger partial charge is 0.497 e. The molecule has 2 aliphatic rings. The number of benzene rings is 1. The van der Waals surface area contributed by atoms with Crippen molar-refractivity contribution >= 4 is 34.4 Å².